The molecule has 0 fully saturated rings. The molecule has 1 aromatic heterocycles. The number of hydrogen-bond donors (Lipinski definition) is 1. The SMILES string of the molecule is Nc1ncc(Br)cc1C=CCC=O. The van der Waals surface area contributed by atoms with Crippen molar-refractivity contribution < 1.29 is 4.79 Å². The number of hydrogen-bond acceptors (Lipinski definition) is 3. The molecule has 0 aliphatic carbocycles. The Morgan fingerprint density at radius 2 is 2.38 bits per heavy atom. The first-order valence-electron chi connectivity index (χ1n) is 3.75. The van der Waals surface area contributed by atoms with E-state index in [-0.39, 0.29) is 0 Å². The molecule has 0 atom stereocenters. The zero-order valence-corrected chi connectivity index (χ0v) is 8.49. The molecule has 1 aromatic rings. The minimum Gasteiger partial charge on any atom is -0.383 e. The number of nitrogen functional groups attached to an aromatic ring is 1. The zero-order chi connectivity index (χ0) is 9.68. The molecule has 3 nitrogen and oxygen atoms in total. The quantitative estimate of drug-likeness (QED) is 0.823. The van der Waals surface area contributed by atoms with Crippen LogP contribution in [0.3, 0.4) is 0 Å². The van der Waals surface area contributed by atoms with E-state index in [1.807, 2.05) is 6.07 Å². The first kappa shape index (κ1) is 9.92. The second-order valence-electron chi connectivity index (χ2n) is 2.43. The van der Waals surface area contributed by atoms with E-state index < -0.39 is 0 Å². The standard InChI is InChI=1S/C9H9BrN2O/c10-8-5-7(3-1-2-4-13)9(11)12-6-8/h1,3-6H,2H2,(H2,11,12). The second-order valence-corrected chi connectivity index (χ2v) is 3.35. The summed E-state index contributed by atoms with van der Waals surface area (Å²) in [5.41, 5.74) is 6.42. The van der Waals surface area contributed by atoms with Crippen molar-refractivity contribution in [1.29, 1.82) is 0 Å². The van der Waals surface area contributed by atoms with Gasteiger partial charge in [-0.05, 0) is 22.0 Å². The summed E-state index contributed by atoms with van der Waals surface area (Å²) in [4.78, 5) is 14.0. The van der Waals surface area contributed by atoms with Gasteiger partial charge in [-0.15, -0.1) is 0 Å². The van der Waals surface area contributed by atoms with Crippen molar-refractivity contribution >= 4 is 34.1 Å². The molecule has 0 amide bonds. The molecule has 0 radical (unpaired) electrons. The molecule has 0 aromatic carbocycles. The van der Waals surface area contributed by atoms with Crippen molar-refractivity contribution in [3.8, 4) is 0 Å². The van der Waals surface area contributed by atoms with E-state index in [0.29, 0.717) is 12.2 Å². The highest BCUT2D eigenvalue weighted by Gasteiger charge is 1.96. The van der Waals surface area contributed by atoms with Crippen LogP contribution in [-0.4, -0.2) is 11.3 Å². The average molecular weight is 241 g/mol. The first-order valence-corrected chi connectivity index (χ1v) is 4.54. The van der Waals surface area contributed by atoms with Gasteiger partial charge in [0.1, 0.15) is 12.1 Å². The predicted molar refractivity (Wildman–Crippen MR) is 56.1 cm³/mol. The van der Waals surface area contributed by atoms with Crippen molar-refractivity contribution in [2.24, 2.45) is 0 Å². The van der Waals surface area contributed by atoms with Gasteiger partial charge in [0.25, 0.3) is 0 Å². The smallest absolute Gasteiger partial charge is 0.130 e. The number of carbonyl (C=O) groups excluding carboxylic acids is 1. The maximum absolute atomic E-state index is 10.0. The van der Waals surface area contributed by atoms with E-state index in [2.05, 4.69) is 20.9 Å². The molecule has 0 unspecified atom stereocenters. The number of carbonyl (C=O) groups is 1. The highest BCUT2D eigenvalue weighted by atomic mass is 79.9. The third-order valence-corrected chi connectivity index (χ3v) is 1.88. The third-order valence-electron chi connectivity index (χ3n) is 1.45. The van der Waals surface area contributed by atoms with Gasteiger partial charge in [-0.1, -0.05) is 12.2 Å². The molecule has 0 aliphatic heterocycles. The molecule has 0 saturated carbocycles. The summed E-state index contributed by atoms with van der Waals surface area (Å²) in [7, 11) is 0. The summed E-state index contributed by atoms with van der Waals surface area (Å²) in [5, 5.41) is 0. The van der Waals surface area contributed by atoms with Gasteiger partial charge in [0.2, 0.25) is 0 Å². The molecule has 0 saturated heterocycles. The van der Waals surface area contributed by atoms with Gasteiger partial charge < -0.3 is 10.5 Å². The highest BCUT2D eigenvalue weighted by Crippen LogP contribution is 2.16. The molecule has 13 heavy (non-hydrogen) atoms. The molecule has 0 aliphatic rings. The molecule has 1 rings (SSSR count). The molecule has 0 bridgehead atoms. The first-order chi connectivity index (χ1) is 6.24. The number of nitrogens with zero attached hydrogens (tertiary/aromatic N) is 1. The van der Waals surface area contributed by atoms with E-state index in [1.165, 1.54) is 0 Å². The summed E-state index contributed by atoms with van der Waals surface area (Å²) >= 11 is 3.28. The second kappa shape index (κ2) is 4.77. The van der Waals surface area contributed by atoms with Gasteiger partial charge in [-0.3, -0.25) is 0 Å². The number of nitrogens with two attached hydrogens (primary N) is 1. The van der Waals surface area contributed by atoms with E-state index in [0.717, 1.165) is 16.3 Å². The van der Waals surface area contributed by atoms with Crippen LogP contribution < -0.4 is 5.73 Å². The fourth-order valence-corrected chi connectivity index (χ4v) is 1.20. The summed E-state index contributed by atoms with van der Waals surface area (Å²) in [6.45, 7) is 0. The minimum absolute atomic E-state index is 0.395. The van der Waals surface area contributed by atoms with Crippen LogP contribution in [0.2, 0.25) is 0 Å². The van der Waals surface area contributed by atoms with Crippen LogP contribution in [0.15, 0.2) is 22.8 Å². The van der Waals surface area contributed by atoms with E-state index in [4.69, 9.17) is 5.73 Å². The van der Waals surface area contributed by atoms with E-state index in [1.54, 1.807) is 18.3 Å². The maximum Gasteiger partial charge on any atom is 0.130 e. The Labute approximate surface area is 84.8 Å². The number of allylic oxidation sites excluding steroid dienone is 1. The summed E-state index contributed by atoms with van der Waals surface area (Å²) < 4.78 is 0.868. The van der Waals surface area contributed by atoms with Crippen LogP contribution in [0.25, 0.3) is 6.08 Å². The molecular formula is C9H9BrN2O. The summed E-state index contributed by atoms with van der Waals surface area (Å²) in [6, 6.07) is 1.85. The van der Waals surface area contributed by atoms with E-state index in [9.17, 15) is 4.79 Å². The number of pyridine rings is 1. The monoisotopic (exact) mass is 240 g/mol. The molecule has 0 spiro atoms. The normalized spacial score (nSPS) is 10.5. The Morgan fingerprint density at radius 1 is 1.62 bits per heavy atom. The van der Waals surface area contributed by atoms with Gasteiger partial charge in [0.15, 0.2) is 0 Å². The van der Waals surface area contributed by atoms with Crippen LogP contribution in [0.1, 0.15) is 12.0 Å². The number of aromatic nitrogens is 1. The van der Waals surface area contributed by atoms with Crippen molar-refractivity contribution in [1.82, 2.24) is 4.98 Å². The molecular weight excluding hydrogens is 232 g/mol. The third kappa shape index (κ3) is 2.99. The van der Waals surface area contributed by atoms with Crippen LogP contribution in [0.5, 0.6) is 0 Å². The Kier molecular flexibility index (Phi) is 3.64. The van der Waals surface area contributed by atoms with Crippen molar-refractivity contribution in [3.63, 3.8) is 0 Å². The van der Waals surface area contributed by atoms with Gasteiger partial charge in [0, 0.05) is 22.7 Å². The Hall–Kier alpha value is -1.16. The Morgan fingerprint density at radius 3 is 3.08 bits per heavy atom. The van der Waals surface area contributed by atoms with Gasteiger partial charge in [-0.2, -0.15) is 0 Å². The van der Waals surface area contributed by atoms with Crippen molar-refractivity contribution in [2.75, 3.05) is 5.73 Å². The lowest BCUT2D eigenvalue weighted by Gasteiger charge is -1.98. The largest absolute Gasteiger partial charge is 0.383 e. The van der Waals surface area contributed by atoms with Crippen LogP contribution in [0.4, 0.5) is 5.82 Å². The van der Waals surface area contributed by atoms with Gasteiger partial charge >= 0.3 is 0 Å². The number of rotatable bonds is 3. The highest BCUT2D eigenvalue weighted by molar-refractivity contribution is 9.10. The Balaban J connectivity index is 2.86. The fourth-order valence-electron chi connectivity index (χ4n) is 0.850. The number of halogens is 1. The van der Waals surface area contributed by atoms with Crippen molar-refractivity contribution in [2.45, 2.75) is 6.42 Å². The minimum atomic E-state index is 0.395. The lowest BCUT2D eigenvalue weighted by atomic mass is 10.2. The molecule has 1 heterocycles. The maximum atomic E-state index is 10.0. The van der Waals surface area contributed by atoms with Crippen molar-refractivity contribution in [3.05, 3.63) is 28.4 Å². The lowest BCUT2D eigenvalue weighted by molar-refractivity contribution is -0.107. The lowest BCUT2D eigenvalue weighted by Crippen LogP contribution is -1.92. The summed E-state index contributed by atoms with van der Waals surface area (Å²) in [5.74, 6) is 0.463. The van der Waals surface area contributed by atoms with Crippen LogP contribution in [0, 0.1) is 0 Å². The predicted octanol–water partition coefficient (Wildman–Crippen LogP) is 2.03. The molecule has 68 valence electrons. The fraction of sp³-hybridized carbons (Fsp3) is 0.111. The number of anilines is 1. The van der Waals surface area contributed by atoms with Crippen LogP contribution in [-0.2, 0) is 4.79 Å². The Bertz CT molecular complexity index is 336. The molecule has 4 heteroatoms. The van der Waals surface area contributed by atoms with Gasteiger partial charge in [0.05, 0.1) is 0 Å². The zero-order valence-electron chi connectivity index (χ0n) is 6.90. The average Bonchev–Trinajstić information content (AvgIpc) is 2.11. The topological polar surface area (TPSA) is 56.0 Å². The summed E-state index contributed by atoms with van der Waals surface area (Å²) in [6.07, 6.45) is 6.38. The van der Waals surface area contributed by atoms with Gasteiger partial charge in [-0.25, -0.2) is 4.98 Å². The molecule has 2 N–H and O–H groups in total. The van der Waals surface area contributed by atoms with Crippen LogP contribution >= 0.6 is 15.9 Å². The van der Waals surface area contributed by atoms with E-state index >= 15 is 0 Å². The number of aldehydes is 1.